The second kappa shape index (κ2) is 11.6. The van der Waals surface area contributed by atoms with Crippen molar-refractivity contribution in [2.45, 2.75) is 59.5 Å². The van der Waals surface area contributed by atoms with Crippen LogP contribution in [-0.4, -0.2) is 6.36 Å². The molecule has 0 saturated carbocycles. The first-order chi connectivity index (χ1) is 12.9. The summed E-state index contributed by atoms with van der Waals surface area (Å²) in [6.07, 6.45) is -8.07. The lowest BCUT2D eigenvalue weighted by atomic mass is 10.0. The standard InChI is InChI=1S/C10H11F3O.C9H9F3.C2H6/c1-7(2)8-5-3-4-6-9(8)14-10(11,12)13;1-2-7-3-5-8(6-4-7)9(10,11)12;1-2/h3-7H,1-2H3;3-6H,2H2,1H3;1-2H3. The Kier molecular flexibility index (Phi) is 10.7. The molecule has 2 rings (SSSR count). The molecule has 0 fully saturated rings. The smallest absolute Gasteiger partial charge is 0.405 e. The van der Waals surface area contributed by atoms with E-state index in [1.807, 2.05) is 34.6 Å². The van der Waals surface area contributed by atoms with E-state index in [0.717, 1.165) is 24.1 Å². The predicted octanol–water partition coefficient (Wildman–Crippen LogP) is 8.00. The van der Waals surface area contributed by atoms with Gasteiger partial charge in [0.2, 0.25) is 0 Å². The lowest BCUT2D eigenvalue weighted by Crippen LogP contribution is -2.18. The maximum atomic E-state index is 12.0. The van der Waals surface area contributed by atoms with Gasteiger partial charge in [-0.1, -0.05) is 65.0 Å². The molecule has 2 aromatic rings. The highest BCUT2D eigenvalue weighted by Crippen LogP contribution is 2.31. The molecule has 0 aliphatic carbocycles. The quantitative estimate of drug-likeness (QED) is 0.468. The maximum absolute atomic E-state index is 12.0. The van der Waals surface area contributed by atoms with Crippen LogP contribution in [0.15, 0.2) is 48.5 Å². The fraction of sp³-hybridized carbons (Fsp3) is 0.429. The van der Waals surface area contributed by atoms with Crippen LogP contribution in [0.4, 0.5) is 26.3 Å². The van der Waals surface area contributed by atoms with Crippen molar-refractivity contribution in [3.05, 3.63) is 65.2 Å². The summed E-state index contributed by atoms with van der Waals surface area (Å²) in [5.41, 5.74) is 0.896. The third-order valence-electron chi connectivity index (χ3n) is 3.46. The van der Waals surface area contributed by atoms with E-state index in [2.05, 4.69) is 4.74 Å². The average molecular weight is 408 g/mol. The molecular weight excluding hydrogens is 382 g/mol. The fourth-order valence-electron chi connectivity index (χ4n) is 2.10. The average Bonchev–Trinajstić information content (AvgIpc) is 2.62. The van der Waals surface area contributed by atoms with Gasteiger partial charge in [-0.2, -0.15) is 13.2 Å². The summed E-state index contributed by atoms with van der Waals surface area (Å²) in [5.74, 6) is -0.108. The van der Waals surface area contributed by atoms with Crippen LogP contribution in [-0.2, 0) is 12.6 Å². The molecule has 2 aromatic carbocycles. The van der Waals surface area contributed by atoms with E-state index in [-0.39, 0.29) is 11.7 Å². The number of benzene rings is 2. The van der Waals surface area contributed by atoms with Crippen molar-refractivity contribution < 1.29 is 31.1 Å². The summed E-state index contributed by atoms with van der Waals surface area (Å²) in [5, 5.41) is 0. The van der Waals surface area contributed by atoms with Gasteiger partial charge in [0, 0.05) is 0 Å². The molecule has 0 aliphatic rings. The summed E-state index contributed by atoms with van der Waals surface area (Å²) >= 11 is 0. The van der Waals surface area contributed by atoms with Gasteiger partial charge in [-0.15, -0.1) is 13.2 Å². The van der Waals surface area contributed by atoms with Crippen LogP contribution in [0.3, 0.4) is 0 Å². The van der Waals surface area contributed by atoms with Crippen LogP contribution in [0, 0.1) is 0 Å². The Balaban J connectivity index is 0.000000483. The van der Waals surface area contributed by atoms with E-state index in [4.69, 9.17) is 0 Å². The molecule has 0 aromatic heterocycles. The second-order valence-electron chi connectivity index (χ2n) is 5.79. The summed E-state index contributed by atoms with van der Waals surface area (Å²) in [6, 6.07) is 11.4. The number of ether oxygens (including phenoxy) is 1. The zero-order valence-electron chi connectivity index (χ0n) is 16.6. The number of para-hydroxylation sites is 1. The fourth-order valence-corrected chi connectivity index (χ4v) is 2.10. The van der Waals surface area contributed by atoms with Crippen LogP contribution in [0.5, 0.6) is 5.75 Å². The van der Waals surface area contributed by atoms with Gasteiger partial charge in [-0.25, -0.2) is 0 Å². The van der Waals surface area contributed by atoms with Crippen LogP contribution in [0.2, 0.25) is 0 Å². The third-order valence-corrected chi connectivity index (χ3v) is 3.46. The zero-order valence-corrected chi connectivity index (χ0v) is 16.6. The van der Waals surface area contributed by atoms with Crippen LogP contribution >= 0.6 is 0 Å². The maximum Gasteiger partial charge on any atom is 0.573 e. The highest BCUT2D eigenvalue weighted by atomic mass is 19.4. The SMILES string of the molecule is CC.CC(C)c1ccccc1OC(F)(F)F.CCc1ccc(C(F)(F)F)cc1. The summed E-state index contributed by atoms with van der Waals surface area (Å²) in [6.45, 7) is 9.54. The molecule has 0 atom stereocenters. The van der Waals surface area contributed by atoms with Gasteiger partial charge < -0.3 is 4.74 Å². The van der Waals surface area contributed by atoms with Crippen molar-refractivity contribution in [3.63, 3.8) is 0 Å². The van der Waals surface area contributed by atoms with Crippen molar-refractivity contribution in [1.29, 1.82) is 0 Å². The first-order valence-electron chi connectivity index (χ1n) is 8.94. The molecule has 0 heterocycles. The van der Waals surface area contributed by atoms with Crippen LogP contribution < -0.4 is 4.74 Å². The van der Waals surface area contributed by atoms with Gasteiger partial charge in [-0.05, 0) is 41.7 Å². The highest BCUT2D eigenvalue weighted by Gasteiger charge is 2.32. The zero-order chi connectivity index (χ0) is 22.0. The van der Waals surface area contributed by atoms with E-state index < -0.39 is 18.1 Å². The molecule has 0 saturated heterocycles. The van der Waals surface area contributed by atoms with Gasteiger partial charge in [0.1, 0.15) is 5.75 Å². The summed E-state index contributed by atoms with van der Waals surface area (Å²) < 4.78 is 75.9. The minimum atomic E-state index is -4.62. The molecule has 0 aliphatic heterocycles. The third kappa shape index (κ3) is 9.67. The second-order valence-corrected chi connectivity index (χ2v) is 5.79. The first-order valence-corrected chi connectivity index (χ1v) is 8.94. The Morgan fingerprint density at radius 2 is 1.32 bits per heavy atom. The Hall–Kier alpha value is -2.18. The van der Waals surface area contributed by atoms with Gasteiger partial charge in [0.05, 0.1) is 5.56 Å². The van der Waals surface area contributed by atoms with Gasteiger partial charge in [0.15, 0.2) is 0 Å². The minimum absolute atomic E-state index is 0.00792. The molecule has 28 heavy (non-hydrogen) atoms. The van der Waals surface area contributed by atoms with E-state index in [9.17, 15) is 26.3 Å². The number of rotatable bonds is 3. The topological polar surface area (TPSA) is 9.23 Å². The van der Waals surface area contributed by atoms with Crippen molar-refractivity contribution in [2.24, 2.45) is 0 Å². The van der Waals surface area contributed by atoms with E-state index in [0.29, 0.717) is 5.56 Å². The molecule has 7 heteroatoms. The minimum Gasteiger partial charge on any atom is -0.405 e. The number of hydrogen-bond acceptors (Lipinski definition) is 1. The van der Waals surface area contributed by atoms with Crippen molar-refractivity contribution >= 4 is 0 Å². The Bertz CT molecular complexity index is 673. The molecule has 1 nitrogen and oxygen atoms in total. The Morgan fingerprint density at radius 3 is 1.71 bits per heavy atom. The van der Waals surface area contributed by atoms with Gasteiger partial charge >= 0.3 is 12.5 Å². The highest BCUT2D eigenvalue weighted by molar-refractivity contribution is 5.35. The molecule has 0 N–H and O–H groups in total. The Morgan fingerprint density at radius 1 is 0.821 bits per heavy atom. The lowest BCUT2D eigenvalue weighted by Gasteiger charge is -2.14. The molecule has 0 amide bonds. The molecule has 0 spiro atoms. The summed E-state index contributed by atoms with van der Waals surface area (Å²) in [7, 11) is 0. The molecule has 0 radical (unpaired) electrons. The number of hydrogen-bond donors (Lipinski definition) is 0. The van der Waals surface area contributed by atoms with Crippen molar-refractivity contribution in [3.8, 4) is 5.75 Å². The first kappa shape index (κ1) is 25.8. The largest absolute Gasteiger partial charge is 0.573 e. The van der Waals surface area contributed by atoms with Crippen molar-refractivity contribution in [1.82, 2.24) is 0 Å². The Labute approximate surface area is 162 Å². The van der Waals surface area contributed by atoms with E-state index >= 15 is 0 Å². The molecular formula is C21H26F6O. The van der Waals surface area contributed by atoms with E-state index in [1.165, 1.54) is 24.3 Å². The summed E-state index contributed by atoms with van der Waals surface area (Å²) in [4.78, 5) is 0. The van der Waals surface area contributed by atoms with Crippen LogP contribution in [0.25, 0.3) is 0 Å². The number of alkyl halides is 6. The van der Waals surface area contributed by atoms with Crippen molar-refractivity contribution in [2.75, 3.05) is 0 Å². The molecule has 158 valence electrons. The molecule has 0 bridgehead atoms. The van der Waals surface area contributed by atoms with E-state index in [1.54, 1.807) is 12.1 Å². The lowest BCUT2D eigenvalue weighted by molar-refractivity contribution is -0.274. The normalized spacial score (nSPS) is 11.1. The number of aryl methyl sites for hydroxylation is 1. The molecule has 0 unspecified atom stereocenters. The van der Waals surface area contributed by atoms with Gasteiger partial charge in [0.25, 0.3) is 0 Å². The monoisotopic (exact) mass is 408 g/mol. The van der Waals surface area contributed by atoms with Gasteiger partial charge in [-0.3, -0.25) is 0 Å². The predicted molar refractivity (Wildman–Crippen MR) is 99.4 cm³/mol. The number of halogens is 6. The van der Waals surface area contributed by atoms with Crippen LogP contribution in [0.1, 0.15) is 57.2 Å².